The lowest BCUT2D eigenvalue weighted by Crippen LogP contribution is -2.06. The summed E-state index contributed by atoms with van der Waals surface area (Å²) < 4.78 is 43.5. The van der Waals surface area contributed by atoms with E-state index in [0.717, 1.165) is 12.1 Å². The number of carbonyl (C=O) groups is 1. The lowest BCUT2D eigenvalue weighted by molar-refractivity contribution is -0.137. The third-order valence-corrected chi connectivity index (χ3v) is 3.70. The number of hydrogen-bond donors (Lipinski definition) is 1. The van der Waals surface area contributed by atoms with Crippen LogP contribution < -0.4 is 0 Å². The van der Waals surface area contributed by atoms with Gasteiger partial charge >= 0.3 is 12.1 Å². The molecule has 3 rings (SSSR count). The van der Waals surface area contributed by atoms with Crippen molar-refractivity contribution in [3.05, 3.63) is 59.8 Å². The number of halogens is 3. The third kappa shape index (κ3) is 3.58. The van der Waals surface area contributed by atoms with Crippen LogP contribution in [0.15, 0.2) is 48.5 Å². The van der Waals surface area contributed by atoms with Gasteiger partial charge in [-0.1, -0.05) is 36.4 Å². The fourth-order valence-electron chi connectivity index (χ4n) is 2.47. The summed E-state index contributed by atoms with van der Waals surface area (Å²) in [5, 5.41) is 10.1. The molecule has 1 aromatic heterocycles. The molecule has 0 saturated carbocycles. The van der Waals surface area contributed by atoms with Crippen molar-refractivity contribution in [1.82, 2.24) is 15.4 Å². The molecule has 0 bridgehead atoms. The Morgan fingerprint density at radius 1 is 1.04 bits per heavy atom. The highest BCUT2D eigenvalue weighted by atomic mass is 19.4. The lowest BCUT2D eigenvalue weighted by atomic mass is 10.0. The first-order valence-corrected chi connectivity index (χ1v) is 7.76. The molecular formula is C18H14F3N3O2. The van der Waals surface area contributed by atoms with Crippen molar-refractivity contribution in [3.63, 3.8) is 0 Å². The molecule has 0 spiro atoms. The normalized spacial score (nSPS) is 11.4. The predicted molar refractivity (Wildman–Crippen MR) is 88.2 cm³/mol. The van der Waals surface area contributed by atoms with Gasteiger partial charge in [0.2, 0.25) is 0 Å². The number of benzene rings is 2. The summed E-state index contributed by atoms with van der Waals surface area (Å²) in [6.45, 7) is 1.89. The van der Waals surface area contributed by atoms with Crippen LogP contribution in [0.2, 0.25) is 0 Å². The SMILES string of the molecule is CCOC(=O)c1n[nH]nc1-c1ccc(-c2cccc(C(F)(F)F)c2)cc1. The van der Waals surface area contributed by atoms with Gasteiger partial charge in [0.15, 0.2) is 5.69 Å². The van der Waals surface area contributed by atoms with E-state index in [9.17, 15) is 18.0 Å². The molecule has 0 radical (unpaired) electrons. The van der Waals surface area contributed by atoms with Crippen LogP contribution in [-0.4, -0.2) is 28.0 Å². The highest BCUT2D eigenvalue weighted by molar-refractivity contribution is 5.94. The van der Waals surface area contributed by atoms with Gasteiger partial charge in [-0.25, -0.2) is 4.79 Å². The number of esters is 1. The Morgan fingerprint density at radius 3 is 2.38 bits per heavy atom. The van der Waals surface area contributed by atoms with Crippen LogP contribution in [0.4, 0.5) is 13.2 Å². The van der Waals surface area contributed by atoms with Crippen molar-refractivity contribution >= 4 is 5.97 Å². The number of rotatable bonds is 4. The van der Waals surface area contributed by atoms with Crippen LogP contribution in [0.5, 0.6) is 0 Å². The van der Waals surface area contributed by atoms with E-state index in [1.165, 1.54) is 6.07 Å². The largest absolute Gasteiger partial charge is 0.461 e. The van der Waals surface area contributed by atoms with E-state index in [1.807, 2.05) is 0 Å². The number of ether oxygens (including phenoxy) is 1. The molecule has 1 N–H and O–H groups in total. The van der Waals surface area contributed by atoms with Crippen LogP contribution in [-0.2, 0) is 10.9 Å². The molecule has 0 aliphatic heterocycles. The first-order chi connectivity index (χ1) is 12.4. The maximum Gasteiger partial charge on any atom is 0.416 e. The number of carbonyl (C=O) groups excluding carboxylic acids is 1. The van der Waals surface area contributed by atoms with E-state index in [-0.39, 0.29) is 12.3 Å². The van der Waals surface area contributed by atoms with Crippen molar-refractivity contribution < 1.29 is 22.7 Å². The second-order valence-corrected chi connectivity index (χ2v) is 5.40. The minimum atomic E-state index is -4.40. The first kappa shape index (κ1) is 17.7. The Kier molecular flexibility index (Phi) is 4.75. The van der Waals surface area contributed by atoms with E-state index in [0.29, 0.717) is 22.4 Å². The molecule has 5 nitrogen and oxygen atoms in total. The molecule has 0 aliphatic rings. The van der Waals surface area contributed by atoms with Crippen molar-refractivity contribution in [1.29, 1.82) is 0 Å². The van der Waals surface area contributed by atoms with Crippen molar-refractivity contribution in [2.45, 2.75) is 13.1 Å². The van der Waals surface area contributed by atoms with Gasteiger partial charge < -0.3 is 4.74 Å². The Hall–Kier alpha value is -3.16. The molecule has 26 heavy (non-hydrogen) atoms. The summed E-state index contributed by atoms with van der Waals surface area (Å²) in [7, 11) is 0. The molecule has 0 fully saturated rings. The molecule has 0 unspecified atom stereocenters. The zero-order chi connectivity index (χ0) is 18.7. The van der Waals surface area contributed by atoms with E-state index in [1.54, 1.807) is 37.3 Å². The smallest absolute Gasteiger partial charge is 0.416 e. The number of nitrogens with zero attached hydrogens (tertiary/aromatic N) is 2. The van der Waals surface area contributed by atoms with Gasteiger partial charge in [0.05, 0.1) is 12.2 Å². The van der Waals surface area contributed by atoms with Gasteiger partial charge in [-0.2, -0.15) is 23.5 Å². The molecule has 0 saturated heterocycles. The molecule has 0 amide bonds. The lowest BCUT2D eigenvalue weighted by Gasteiger charge is -2.09. The first-order valence-electron chi connectivity index (χ1n) is 7.76. The molecule has 134 valence electrons. The molecular weight excluding hydrogens is 347 g/mol. The van der Waals surface area contributed by atoms with E-state index >= 15 is 0 Å². The quantitative estimate of drug-likeness (QED) is 0.702. The van der Waals surface area contributed by atoms with Gasteiger partial charge in [0.1, 0.15) is 5.69 Å². The van der Waals surface area contributed by atoms with E-state index < -0.39 is 17.7 Å². The fourth-order valence-corrected chi connectivity index (χ4v) is 2.47. The summed E-state index contributed by atoms with van der Waals surface area (Å²) in [4.78, 5) is 11.9. The van der Waals surface area contributed by atoms with Crippen molar-refractivity contribution in [2.75, 3.05) is 6.61 Å². The average Bonchev–Trinajstić information content (AvgIpc) is 3.11. The number of hydrogen-bond acceptors (Lipinski definition) is 4. The third-order valence-electron chi connectivity index (χ3n) is 3.70. The zero-order valence-electron chi connectivity index (χ0n) is 13.7. The maximum absolute atomic E-state index is 12.9. The Morgan fingerprint density at radius 2 is 1.73 bits per heavy atom. The van der Waals surface area contributed by atoms with Crippen molar-refractivity contribution in [3.8, 4) is 22.4 Å². The standard InChI is InChI=1S/C18H14F3N3O2/c1-2-26-17(25)16-15(22-24-23-16)12-8-6-11(7-9-12)13-4-3-5-14(10-13)18(19,20)21/h3-10H,2H2,1H3,(H,22,23,24). The van der Waals surface area contributed by atoms with Crippen LogP contribution >= 0.6 is 0 Å². The van der Waals surface area contributed by atoms with Crippen molar-refractivity contribution in [2.24, 2.45) is 0 Å². The minimum Gasteiger partial charge on any atom is -0.461 e. The Bertz CT molecular complexity index is 918. The summed E-state index contributed by atoms with van der Waals surface area (Å²) in [6.07, 6.45) is -4.40. The van der Waals surface area contributed by atoms with Crippen LogP contribution in [0.3, 0.4) is 0 Å². The van der Waals surface area contributed by atoms with Gasteiger partial charge in [0.25, 0.3) is 0 Å². The Labute approximate surface area is 146 Å². The number of aromatic nitrogens is 3. The highest BCUT2D eigenvalue weighted by Crippen LogP contribution is 2.32. The monoisotopic (exact) mass is 361 g/mol. The Balaban J connectivity index is 1.91. The molecule has 2 aromatic carbocycles. The molecule has 8 heteroatoms. The molecule has 0 aliphatic carbocycles. The minimum absolute atomic E-state index is 0.0543. The topological polar surface area (TPSA) is 67.9 Å². The molecule has 1 heterocycles. The summed E-state index contributed by atoms with van der Waals surface area (Å²) >= 11 is 0. The van der Waals surface area contributed by atoms with E-state index in [4.69, 9.17) is 4.74 Å². The number of alkyl halides is 3. The van der Waals surface area contributed by atoms with Gasteiger partial charge in [-0.05, 0) is 30.2 Å². The number of nitrogens with one attached hydrogen (secondary N) is 1. The second-order valence-electron chi connectivity index (χ2n) is 5.40. The predicted octanol–water partition coefficient (Wildman–Crippen LogP) is 4.33. The van der Waals surface area contributed by atoms with Gasteiger partial charge in [0, 0.05) is 5.56 Å². The number of H-pyrrole nitrogens is 1. The summed E-state index contributed by atoms with van der Waals surface area (Å²) in [5.74, 6) is -0.599. The maximum atomic E-state index is 12.9. The van der Waals surface area contributed by atoms with Crippen LogP contribution in [0.1, 0.15) is 23.0 Å². The van der Waals surface area contributed by atoms with E-state index in [2.05, 4.69) is 15.4 Å². The highest BCUT2D eigenvalue weighted by Gasteiger charge is 2.30. The van der Waals surface area contributed by atoms with Crippen LogP contribution in [0, 0.1) is 0 Å². The summed E-state index contributed by atoms with van der Waals surface area (Å²) in [5.41, 5.74) is 1.31. The van der Waals surface area contributed by atoms with Gasteiger partial charge in [-0.3, -0.25) is 0 Å². The molecule has 0 atom stereocenters. The molecule has 3 aromatic rings. The second kappa shape index (κ2) is 6.99. The average molecular weight is 361 g/mol. The zero-order valence-corrected chi connectivity index (χ0v) is 13.7. The van der Waals surface area contributed by atoms with Crippen LogP contribution in [0.25, 0.3) is 22.4 Å². The summed E-state index contributed by atoms with van der Waals surface area (Å²) in [6, 6.07) is 11.7. The van der Waals surface area contributed by atoms with Gasteiger partial charge in [-0.15, -0.1) is 5.10 Å². The fraction of sp³-hybridized carbons (Fsp3) is 0.167. The number of aromatic amines is 1.